The number of anilines is 1. The Bertz CT molecular complexity index is 603. The van der Waals surface area contributed by atoms with Crippen LogP contribution in [-0.2, 0) is 9.47 Å². The molecule has 1 aromatic carbocycles. The van der Waals surface area contributed by atoms with Crippen molar-refractivity contribution in [3.8, 4) is 0 Å². The van der Waals surface area contributed by atoms with E-state index in [2.05, 4.69) is 22.3 Å². The highest BCUT2D eigenvalue weighted by molar-refractivity contribution is 5.93. The van der Waals surface area contributed by atoms with Gasteiger partial charge in [-0.15, -0.1) is 0 Å². The number of aryl methyl sites for hydroxylation is 1. The van der Waals surface area contributed by atoms with Crippen molar-refractivity contribution in [3.63, 3.8) is 0 Å². The maximum atomic E-state index is 12.0. The molecule has 0 unspecified atom stereocenters. The lowest BCUT2D eigenvalue weighted by molar-refractivity contribution is -0.00232. The largest absolute Gasteiger partial charge is 0.465 e. The second-order valence-corrected chi connectivity index (χ2v) is 6.57. The summed E-state index contributed by atoms with van der Waals surface area (Å²) in [6.07, 6.45) is 5.16. The van der Waals surface area contributed by atoms with Gasteiger partial charge in [-0.25, -0.2) is 9.59 Å². The fourth-order valence-corrected chi connectivity index (χ4v) is 3.12. The first-order valence-corrected chi connectivity index (χ1v) is 8.86. The van der Waals surface area contributed by atoms with Crippen molar-refractivity contribution in [1.82, 2.24) is 5.32 Å². The second kappa shape index (κ2) is 9.42. The lowest BCUT2D eigenvalue weighted by Gasteiger charge is -2.28. The van der Waals surface area contributed by atoms with Gasteiger partial charge in [0.05, 0.1) is 25.4 Å². The molecule has 0 saturated heterocycles. The number of carbonyl (C=O) groups is 2. The summed E-state index contributed by atoms with van der Waals surface area (Å²) in [7, 11) is 1.34. The van der Waals surface area contributed by atoms with Gasteiger partial charge in [0.25, 0.3) is 0 Å². The molecule has 2 amide bonds. The SMILES string of the molecule is COC(=O)c1ccc(NC(=O)NCCO[C@H]2CCCC[C@H]2C)c(C)c1. The Balaban J connectivity index is 1.74. The van der Waals surface area contributed by atoms with Crippen LogP contribution in [0.3, 0.4) is 0 Å². The van der Waals surface area contributed by atoms with E-state index in [1.54, 1.807) is 18.2 Å². The average Bonchev–Trinajstić information content (AvgIpc) is 2.61. The molecule has 0 aromatic heterocycles. The third kappa shape index (κ3) is 5.74. The molecule has 0 bridgehead atoms. The highest BCUT2D eigenvalue weighted by Crippen LogP contribution is 2.26. The summed E-state index contributed by atoms with van der Waals surface area (Å²) in [6.45, 7) is 5.04. The molecule has 2 atom stereocenters. The highest BCUT2D eigenvalue weighted by atomic mass is 16.5. The fraction of sp³-hybridized carbons (Fsp3) is 0.579. The molecule has 0 heterocycles. The van der Waals surface area contributed by atoms with E-state index >= 15 is 0 Å². The van der Waals surface area contributed by atoms with Gasteiger partial charge in [-0.05, 0) is 49.4 Å². The molecule has 1 aromatic rings. The van der Waals surface area contributed by atoms with E-state index in [1.165, 1.54) is 26.4 Å². The Kier molecular flexibility index (Phi) is 7.25. The predicted molar refractivity (Wildman–Crippen MR) is 96.9 cm³/mol. The van der Waals surface area contributed by atoms with Crippen molar-refractivity contribution in [2.75, 3.05) is 25.6 Å². The van der Waals surface area contributed by atoms with Gasteiger partial charge in [-0.2, -0.15) is 0 Å². The van der Waals surface area contributed by atoms with Crippen LogP contribution in [0, 0.1) is 12.8 Å². The number of carbonyl (C=O) groups excluding carboxylic acids is 2. The fourth-order valence-electron chi connectivity index (χ4n) is 3.12. The van der Waals surface area contributed by atoms with Gasteiger partial charge in [0, 0.05) is 12.2 Å². The van der Waals surface area contributed by atoms with Gasteiger partial charge in [-0.1, -0.05) is 19.8 Å². The topological polar surface area (TPSA) is 76.7 Å². The van der Waals surface area contributed by atoms with Gasteiger partial charge in [0.1, 0.15) is 0 Å². The van der Waals surface area contributed by atoms with Crippen LogP contribution in [0.25, 0.3) is 0 Å². The van der Waals surface area contributed by atoms with Crippen LogP contribution in [0.2, 0.25) is 0 Å². The van der Waals surface area contributed by atoms with Crippen LogP contribution >= 0.6 is 0 Å². The van der Waals surface area contributed by atoms with Crippen molar-refractivity contribution in [2.45, 2.75) is 45.6 Å². The summed E-state index contributed by atoms with van der Waals surface area (Å²) in [5.41, 5.74) is 1.92. The van der Waals surface area contributed by atoms with Crippen molar-refractivity contribution < 1.29 is 19.1 Å². The number of amides is 2. The van der Waals surface area contributed by atoms with E-state index in [0.29, 0.717) is 36.4 Å². The first kappa shape index (κ1) is 19.2. The second-order valence-electron chi connectivity index (χ2n) is 6.57. The van der Waals surface area contributed by atoms with Gasteiger partial charge in [-0.3, -0.25) is 0 Å². The minimum Gasteiger partial charge on any atom is -0.465 e. The van der Waals surface area contributed by atoms with E-state index < -0.39 is 5.97 Å². The summed E-state index contributed by atoms with van der Waals surface area (Å²) in [5, 5.41) is 5.58. The minimum atomic E-state index is -0.395. The molecule has 0 aliphatic heterocycles. The number of hydrogen-bond acceptors (Lipinski definition) is 4. The molecule has 25 heavy (non-hydrogen) atoms. The molecular weight excluding hydrogens is 320 g/mol. The Labute approximate surface area is 149 Å². The van der Waals surface area contributed by atoms with Crippen LogP contribution < -0.4 is 10.6 Å². The van der Waals surface area contributed by atoms with Gasteiger partial charge in [0.15, 0.2) is 0 Å². The summed E-state index contributed by atoms with van der Waals surface area (Å²) in [4.78, 5) is 23.5. The lowest BCUT2D eigenvalue weighted by Crippen LogP contribution is -2.34. The molecule has 1 fully saturated rings. The number of nitrogens with one attached hydrogen (secondary N) is 2. The maximum Gasteiger partial charge on any atom is 0.337 e. The molecule has 6 nitrogen and oxygen atoms in total. The lowest BCUT2D eigenvalue weighted by atomic mass is 9.88. The number of ether oxygens (including phenoxy) is 2. The van der Waals surface area contributed by atoms with Gasteiger partial charge in [0.2, 0.25) is 0 Å². The summed E-state index contributed by atoms with van der Waals surface area (Å²) in [5.74, 6) is 0.201. The highest BCUT2D eigenvalue weighted by Gasteiger charge is 2.21. The first-order valence-electron chi connectivity index (χ1n) is 8.86. The number of urea groups is 1. The van der Waals surface area contributed by atoms with Crippen LogP contribution in [0.1, 0.15) is 48.5 Å². The third-order valence-electron chi connectivity index (χ3n) is 4.65. The number of methoxy groups -OCH3 is 1. The molecule has 138 valence electrons. The summed E-state index contributed by atoms with van der Waals surface area (Å²) < 4.78 is 10.6. The summed E-state index contributed by atoms with van der Waals surface area (Å²) >= 11 is 0. The standard InChI is InChI=1S/C19H28N2O4/c1-13-6-4-5-7-17(13)25-11-10-20-19(23)21-16-9-8-15(12-14(16)2)18(22)24-3/h8-9,12-13,17H,4-7,10-11H2,1-3H3,(H2,20,21,23)/t13-,17+/m1/s1. The first-order chi connectivity index (χ1) is 12.0. The molecule has 2 N–H and O–H groups in total. The molecule has 2 rings (SSSR count). The average molecular weight is 348 g/mol. The Morgan fingerprint density at radius 2 is 2.00 bits per heavy atom. The van der Waals surface area contributed by atoms with Gasteiger partial charge >= 0.3 is 12.0 Å². The van der Waals surface area contributed by atoms with Crippen LogP contribution in [0.4, 0.5) is 10.5 Å². The normalized spacial score (nSPS) is 20.0. The Hall–Kier alpha value is -2.08. The van der Waals surface area contributed by atoms with Crippen LogP contribution in [-0.4, -0.2) is 38.4 Å². The van der Waals surface area contributed by atoms with Crippen LogP contribution in [0.5, 0.6) is 0 Å². The monoisotopic (exact) mass is 348 g/mol. The predicted octanol–water partition coefficient (Wildman–Crippen LogP) is 3.50. The van der Waals surface area contributed by atoms with Gasteiger partial charge < -0.3 is 20.1 Å². The number of esters is 1. The molecule has 0 radical (unpaired) electrons. The maximum absolute atomic E-state index is 12.0. The van der Waals surface area contributed by atoms with Crippen LogP contribution in [0.15, 0.2) is 18.2 Å². The van der Waals surface area contributed by atoms with Crippen molar-refractivity contribution in [3.05, 3.63) is 29.3 Å². The van der Waals surface area contributed by atoms with Crippen molar-refractivity contribution >= 4 is 17.7 Å². The zero-order valence-electron chi connectivity index (χ0n) is 15.3. The molecular formula is C19H28N2O4. The number of benzene rings is 1. The Morgan fingerprint density at radius 1 is 1.24 bits per heavy atom. The van der Waals surface area contributed by atoms with E-state index in [9.17, 15) is 9.59 Å². The quantitative estimate of drug-likeness (QED) is 0.609. The molecule has 1 aliphatic rings. The summed E-state index contributed by atoms with van der Waals surface area (Å²) in [6, 6.07) is 4.73. The minimum absolute atomic E-state index is 0.283. The number of hydrogen-bond donors (Lipinski definition) is 2. The zero-order chi connectivity index (χ0) is 18.2. The van der Waals surface area contributed by atoms with Crippen molar-refractivity contribution in [1.29, 1.82) is 0 Å². The zero-order valence-corrected chi connectivity index (χ0v) is 15.3. The van der Waals surface area contributed by atoms with E-state index in [4.69, 9.17) is 4.74 Å². The molecule has 6 heteroatoms. The number of rotatable bonds is 6. The third-order valence-corrected chi connectivity index (χ3v) is 4.65. The van der Waals surface area contributed by atoms with E-state index in [0.717, 1.165) is 12.0 Å². The van der Waals surface area contributed by atoms with E-state index in [1.807, 2.05) is 6.92 Å². The molecule has 1 saturated carbocycles. The smallest absolute Gasteiger partial charge is 0.337 e. The van der Waals surface area contributed by atoms with E-state index in [-0.39, 0.29) is 6.03 Å². The molecule has 0 spiro atoms. The van der Waals surface area contributed by atoms with Crippen molar-refractivity contribution in [2.24, 2.45) is 5.92 Å². The Morgan fingerprint density at radius 3 is 2.68 bits per heavy atom. The molecule has 1 aliphatic carbocycles.